The zero-order valence-corrected chi connectivity index (χ0v) is 12.4. The maximum absolute atomic E-state index is 11.6. The van der Waals surface area contributed by atoms with E-state index in [9.17, 15) is 9.59 Å². The molecule has 0 unspecified atom stereocenters. The van der Waals surface area contributed by atoms with Crippen molar-refractivity contribution in [2.45, 2.75) is 53.1 Å². The Balaban J connectivity index is 2.69. The van der Waals surface area contributed by atoms with E-state index in [0.717, 1.165) is 28.5 Å². The van der Waals surface area contributed by atoms with Crippen LogP contribution in [0.3, 0.4) is 0 Å². The Kier molecular flexibility index (Phi) is 4.87. The molecule has 0 aliphatic rings. The predicted octanol–water partition coefficient (Wildman–Crippen LogP) is 3.39. The molecule has 1 aromatic carbocycles. The standard InChI is InChI=1S/C16H22O3/c1-11-8-13(9-12(2)14(11)10-17)6-7-15(18)19-16(3,4)5/h8-10H,6-7H2,1-5H3. The number of aryl methyl sites for hydroxylation is 3. The molecule has 1 aromatic rings. The molecule has 0 aromatic heterocycles. The zero-order valence-electron chi connectivity index (χ0n) is 12.4. The lowest BCUT2D eigenvalue weighted by Gasteiger charge is -2.19. The molecule has 104 valence electrons. The van der Waals surface area contributed by atoms with E-state index in [2.05, 4.69) is 0 Å². The summed E-state index contributed by atoms with van der Waals surface area (Å²) in [6.07, 6.45) is 1.87. The lowest BCUT2D eigenvalue weighted by atomic mass is 9.98. The van der Waals surface area contributed by atoms with Gasteiger partial charge in [-0.3, -0.25) is 9.59 Å². The van der Waals surface area contributed by atoms with Crippen LogP contribution in [0.4, 0.5) is 0 Å². The number of benzene rings is 1. The average molecular weight is 262 g/mol. The molecule has 3 nitrogen and oxygen atoms in total. The molecular formula is C16H22O3. The minimum Gasteiger partial charge on any atom is -0.460 e. The molecule has 0 aliphatic carbocycles. The summed E-state index contributed by atoms with van der Waals surface area (Å²) in [4.78, 5) is 22.6. The van der Waals surface area contributed by atoms with Gasteiger partial charge in [-0.2, -0.15) is 0 Å². The highest BCUT2D eigenvalue weighted by molar-refractivity contribution is 5.79. The van der Waals surface area contributed by atoms with Gasteiger partial charge in [0, 0.05) is 12.0 Å². The van der Waals surface area contributed by atoms with Gasteiger partial charge in [0.1, 0.15) is 5.60 Å². The number of carbonyl (C=O) groups is 2. The molecule has 0 amide bonds. The number of ether oxygens (including phenoxy) is 1. The van der Waals surface area contributed by atoms with E-state index in [1.165, 1.54) is 0 Å². The molecule has 0 fully saturated rings. The first-order valence-corrected chi connectivity index (χ1v) is 6.50. The molecule has 0 N–H and O–H groups in total. The van der Waals surface area contributed by atoms with E-state index in [-0.39, 0.29) is 5.97 Å². The van der Waals surface area contributed by atoms with Crippen LogP contribution in [0, 0.1) is 13.8 Å². The quantitative estimate of drug-likeness (QED) is 0.617. The average Bonchev–Trinajstić information content (AvgIpc) is 2.23. The van der Waals surface area contributed by atoms with Gasteiger partial charge in [0.25, 0.3) is 0 Å². The van der Waals surface area contributed by atoms with E-state index >= 15 is 0 Å². The summed E-state index contributed by atoms with van der Waals surface area (Å²) < 4.78 is 5.27. The van der Waals surface area contributed by atoms with E-state index in [4.69, 9.17) is 4.74 Å². The Labute approximate surface area is 115 Å². The van der Waals surface area contributed by atoms with E-state index in [1.807, 2.05) is 46.8 Å². The summed E-state index contributed by atoms with van der Waals surface area (Å²) in [5, 5.41) is 0. The fraction of sp³-hybridized carbons (Fsp3) is 0.500. The summed E-state index contributed by atoms with van der Waals surface area (Å²) in [5.41, 5.74) is 3.26. The maximum atomic E-state index is 11.6. The SMILES string of the molecule is Cc1cc(CCC(=O)OC(C)(C)C)cc(C)c1C=O. The molecule has 3 heteroatoms. The van der Waals surface area contributed by atoms with Crippen LogP contribution in [-0.4, -0.2) is 17.9 Å². The van der Waals surface area contributed by atoms with Crippen molar-refractivity contribution in [3.8, 4) is 0 Å². The Morgan fingerprint density at radius 2 is 1.74 bits per heavy atom. The number of esters is 1. The second kappa shape index (κ2) is 6.00. The Hall–Kier alpha value is -1.64. The number of hydrogen-bond donors (Lipinski definition) is 0. The van der Waals surface area contributed by atoms with Crippen LogP contribution in [0.5, 0.6) is 0 Å². The minimum absolute atomic E-state index is 0.192. The lowest BCUT2D eigenvalue weighted by molar-refractivity contribution is -0.154. The molecule has 0 heterocycles. The monoisotopic (exact) mass is 262 g/mol. The second-order valence-corrected chi connectivity index (χ2v) is 5.85. The van der Waals surface area contributed by atoms with Crippen LogP contribution in [0.2, 0.25) is 0 Å². The molecule has 0 radical (unpaired) electrons. The summed E-state index contributed by atoms with van der Waals surface area (Å²) in [6.45, 7) is 9.40. The van der Waals surface area contributed by atoms with Crippen molar-refractivity contribution < 1.29 is 14.3 Å². The minimum atomic E-state index is -0.440. The van der Waals surface area contributed by atoms with Gasteiger partial charge < -0.3 is 4.74 Å². The number of rotatable bonds is 4. The van der Waals surface area contributed by atoms with Crippen LogP contribution in [-0.2, 0) is 16.0 Å². The fourth-order valence-electron chi connectivity index (χ4n) is 2.03. The third-order valence-corrected chi connectivity index (χ3v) is 2.81. The Bertz CT molecular complexity index is 458. The number of carbonyl (C=O) groups excluding carboxylic acids is 2. The first-order chi connectivity index (χ1) is 8.73. The van der Waals surface area contributed by atoms with Gasteiger partial charge in [0.05, 0.1) is 0 Å². The summed E-state index contributed by atoms with van der Waals surface area (Å²) in [7, 11) is 0. The summed E-state index contributed by atoms with van der Waals surface area (Å²) in [5.74, 6) is -0.192. The van der Waals surface area contributed by atoms with Crippen molar-refractivity contribution in [2.24, 2.45) is 0 Å². The van der Waals surface area contributed by atoms with Crippen LogP contribution in [0.1, 0.15) is 54.2 Å². The van der Waals surface area contributed by atoms with Crippen LogP contribution < -0.4 is 0 Å². The van der Waals surface area contributed by atoms with E-state index in [0.29, 0.717) is 12.8 Å². The summed E-state index contributed by atoms with van der Waals surface area (Å²) >= 11 is 0. The van der Waals surface area contributed by atoms with Gasteiger partial charge in [-0.05, 0) is 57.7 Å². The van der Waals surface area contributed by atoms with Gasteiger partial charge in [-0.25, -0.2) is 0 Å². The number of aldehydes is 1. The third-order valence-electron chi connectivity index (χ3n) is 2.81. The lowest BCUT2D eigenvalue weighted by Crippen LogP contribution is -2.24. The molecule has 1 rings (SSSR count). The van der Waals surface area contributed by atoms with Crippen LogP contribution in [0.25, 0.3) is 0 Å². The van der Waals surface area contributed by atoms with Crippen molar-refractivity contribution in [3.05, 3.63) is 34.4 Å². The Morgan fingerprint density at radius 1 is 1.21 bits per heavy atom. The largest absolute Gasteiger partial charge is 0.460 e. The highest BCUT2D eigenvalue weighted by atomic mass is 16.6. The van der Waals surface area contributed by atoms with E-state index in [1.54, 1.807) is 0 Å². The molecule has 0 bridgehead atoms. The summed E-state index contributed by atoms with van der Waals surface area (Å²) in [6, 6.07) is 3.92. The first kappa shape index (κ1) is 15.4. The highest BCUT2D eigenvalue weighted by Gasteiger charge is 2.16. The molecule has 0 atom stereocenters. The number of hydrogen-bond acceptors (Lipinski definition) is 3. The topological polar surface area (TPSA) is 43.4 Å². The normalized spacial score (nSPS) is 11.2. The second-order valence-electron chi connectivity index (χ2n) is 5.85. The van der Waals surface area contributed by atoms with Gasteiger partial charge in [0.2, 0.25) is 0 Å². The van der Waals surface area contributed by atoms with Gasteiger partial charge in [-0.1, -0.05) is 12.1 Å². The fourth-order valence-corrected chi connectivity index (χ4v) is 2.03. The van der Waals surface area contributed by atoms with Gasteiger partial charge in [0.15, 0.2) is 6.29 Å². The molecule has 0 spiro atoms. The molecule has 0 saturated heterocycles. The Morgan fingerprint density at radius 3 is 2.16 bits per heavy atom. The van der Waals surface area contributed by atoms with Crippen molar-refractivity contribution in [3.63, 3.8) is 0 Å². The first-order valence-electron chi connectivity index (χ1n) is 6.50. The molecular weight excluding hydrogens is 240 g/mol. The maximum Gasteiger partial charge on any atom is 0.306 e. The third kappa shape index (κ3) is 4.86. The zero-order chi connectivity index (χ0) is 14.6. The van der Waals surface area contributed by atoms with Crippen molar-refractivity contribution >= 4 is 12.3 Å². The molecule has 19 heavy (non-hydrogen) atoms. The van der Waals surface area contributed by atoms with Crippen molar-refractivity contribution in [1.29, 1.82) is 0 Å². The predicted molar refractivity (Wildman–Crippen MR) is 75.5 cm³/mol. The molecule has 0 saturated carbocycles. The van der Waals surface area contributed by atoms with Crippen molar-refractivity contribution in [1.82, 2.24) is 0 Å². The highest BCUT2D eigenvalue weighted by Crippen LogP contribution is 2.17. The van der Waals surface area contributed by atoms with E-state index < -0.39 is 5.60 Å². The van der Waals surface area contributed by atoms with Crippen molar-refractivity contribution in [2.75, 3.05) is 0 Å². The smallest absolute Gasteiger partial charge is 0.306 e. The van der Waals surface area contributed by atoms with Gasteiger partial charge >= 0.3 is 5.97 Å². The van der Waals surface area contributed by atoms with Gasteiger partial charge in [-0.15, -0.1) is 0 Å². The van der Waals surface area contributed by atoms with Crippen LogP contribution >= 0.6 is 0 Å². The van der Waals surface area contributed by atoms with Crippen LogP contribution in [0.15, 0.2) is 12.1 Å². The molecule has 0 aliphatic heterocycles.